The number of aliphatic carboxylic acids is 1. The second-order valence-corrected chi connectivity index (χ2v) is 7.98. The Morgan fingerprint density at radius 1 is 0.794 bits per heavy atom. The molecule has 0 saturated heterocycles. The van der Waals surface area contributed by atoms with E-state index in [9.17, 15) is 14.4 Å². The van der Waals surface area contributed by atoms with Crippen molar-refractivity contribution in [3.63, 3.8) is 0 Å². The van der Waals surface area contributed by atoms with E-state index < -0.39 is 5.97 Å². The molecule has 0 spiro atoms. The summed E-state index contributed by atoms with van der Waals surface area (Å²) in [5, 5.41) is 11.1. The maximum absolute atomic E-state index is 12.2. The minimum atomic E-state index is -0.998. The summed E-state index contributed by atoms with van der Waals surface area (Å²) in [7, 11) is 0. The molecule has 2 aromatic rings. The molecule has 0 saturated carbocycles. The third-order valence-electron chi connectivity index (χ3n) is 5.55. The number of carboxylic acids is 1. The smallest absolute Gasteiger partial charge is 0.305 e. The molecule has 0 aromatic heterocycles. The second kappa shape index (κ2) is 13.5. The fraction of sp³-hybridized carbons (Fsp3) is 0.423. The molecule has 0 atom stereocenters. The van der Waals surface area contributed by atoms with Gasteiger partial charge in [-0.1, -0.05) is 48.5 Å². The lowest BCUT2D eigenvalue weighted by atomic mass is 9.98. The zero-order valence-electron chi connectivity index (χ0n) is 19.2. The quantitative estimate of drug-likeness (QED) is 0.304. The van der Waals surface area contributed by atoms with E-state index in [0.717, 1.165) is 0 Å². The molecular formula is C26H31NO7. The van der Waals surface area contributed by atoms with Gasteiger partial charge in [0.05, 0.1) is 26.2 Å². The summed E-state index contributed by atoms with van der Waals surface area (Å²) in [6.07, 6.45) is 0.633. The van der Waals surface area contributed by atoms with Crippen LogP contribution in [-0.4, -0.2) is 62.5 Å². The standard InChI is InChI=1S/C26H31NO7/c28-24(11-12-25(29)30)27-13-15-33-17-16-32-14-5-10-26(31)34-18-23-21-8-3-1-6-19(21)20-7-2-4-9-22(20)23/h1-4,6-9,23H,5,10-18H2,(H,27,28)(H,29,30). The van der Waals surface area contributed by atoms with Gasteiger partial charge >= 0.3 is 11.9 Å². The lowest BCUT2D eigenvalue weighted by Gasteiger charge is -2.14. The third-order valence-corrected chi connectivity index (χ3v) is 5.55. The number of fused-ring (bicyclic) bond motifs is 3. The number of ether oxygens (including phenoxy) is 3. The first kappa shape index (κ1) is 25.4. The van der Waals surface area contributed by atoms with E-state index in [1.54, 1.807) is 0 Å². The van der Waals surface area contributed by atoms with Crippen LogP contribution in [0.3, 0.4) is 0 Å². The van der Waals surface area contributed by atoms with Crippen LogP contribution in [0.2, 0.25) is 0 Å². The van der Waals surface area contributed by atoms with Crippen molar-refractivity contribution in [1.82, 2.24) is 5.32 Å². The summed E-state index contributed by atoms with van der Waals surface area (Å²) in [6.45, 7) is 2.16. The van der Waals surface area contributed by atoms with E-state index in [1.165, 1.54) is 22.3 Å². The Balaban J connectivity index is 1.22. The highest BCUT2D eigenvalue weighted by atomic mass is 16.5. The number of amides is 1. The van der Waals surface area contributed by atoms with Crippen LogP contribution in [0.5, 0.6) is 0 Å². The van der Waals surface area contributed by atoms with Crippen LogP contribution >= 0.6 is 0 Å². The predicted molar refractivity (Wildman–Crippen MR) is 125 cm³/mol. The average Bonchev–Trinajstić information content (AvgIpc) is 3.16. The molecule has 34 heavy (non-hydrogen) atoms. The molecule has 1 aliphatic rings. The lowest BCUT2D eigenvalue weighted by molar-refractivity contribution is -0.144. The predicted octanol–water partition coefficient (Wildman–Crippen LogP) is 3.14. The molecule has 0 unspecified atom stereocenters. The molecule has 3 rings (SSSR count). The van der Waals surface area contributed by atoms with Crippen molar-refractivity contribution in [2.75, 3.05) is 39.6 Å². The minimum absolute atomic E-state index is 0.0396. The monoisotopic (exact) mass is 469 g/mol. The average molecular weight is 470 g/mol. The molecule has 0 radical (unpaired) electrons. The second-order valence-electron chi connectivity index (χ2n) is 7.98. The van der Waals surface area contributed by atoms with Gasteiger partial charge in [0.15, 0.2) is 0 Å². The number of hydrogen-bond donors (Lipinski definition) is 2. The fourth-order valence-corrected chi connectivity index (χ4v) is 3.90. The van der Waals surface area contributed by atoms with Gasteiger partial charge in [0, 0.05) is 31.9 Å². The normalized spacial score (nSPS) is 12.1. The van der Waals surface area contributed by atoms with Gasteiger partial charge in [0.1, 0.15) is 6.61 Å². The lowest BCUT2D eigenvalue weighted by Crippen LogP contribution is -2.27. The van der Waals surface area contributed by atoms with Crippen molar-refractivity contribution in [3.05, 3.63) is 59.7 Å². The van der Waals surface area contributed by atoms with E-state index in [-0.39, 0.29) is 30.6 Å². The third kappa shape index (κ3) is 7.67. The van der Waals surface area contributed by atoms with Crippen molar-refractivity contribution < 1.29 is 33.7 Å². The first-order valence-corrected chi connectivity index (χ1v) is 11.5. The van der Waals surface area contributed by atoms with E-state index in [1.807, 2.05) is 24.3 Å². The molecular weight excluding hydrogens is 438 g/mol. The van der Waals surface area contributed by atoms with Crippen LogP contribution in [0.1, 0.15) is 42.7 Å². The number of nitrogens with one attached hydrogen (secondary N) is 1. The Morgan fingerprint density at radius 3 is 2.06 bits per heavy atom. The van der Waals surface area contributed by atoms with E-state index in [0.29, 0.717) is 52.4 Å². The highest BCUT2D eigenvalue weighted by Gasteiger charge is 2.28. The van der Waals surface area contributed by atoms with Crippen molar-refractivity contribution in [2.45, 2.75) is 31.6 Å². The van der Waals surface area contributed by atoms with Gasteiger partial charge in [-0.05, 0) is 28.7 Å². The number of rotatable bonds is 15. The highest BCUT2D eigenvalue weighted by molar-refractivity contribution is 5.80. The van der Waals surface area contributed by atoms with Crippen LogP contribution in [0, 0.1) is 0 Å². The highest BCUT2D eigenvalue weighted by Crippen LogP contribution is 2.44. The number of carbonyl (C=O) groups excluding carboxylic acids is 2. The number of carboxylic acid groups (broad SMARTS) is 1. The van der Waals surface area contributed by atoms with Gasteiger partial charge in [-0.15, -0.1) is 0 Å². The minimum Gasteiger partial charge on any atom is -0.481 e. The summed E-state index contributed by atoms with van der Waals surface area (Å²) in [6, 6.07) is 16.5. The van der Waals surface area contributed by atoms with Crippen molar-refractivity contribution in [1.29, 1.82) is 0 Å². The van der Waals surface area contributed by atoms with E-state index in [2.05, 4.69) is 29.6 Å². The van der Waals surface area contributed by atoms with E-state index in [4.69, 9.17) is 19.3 Å². The molecule has 0 heterocycles. The molecule has 0 fully saturated rings. The van der Waals surface area contributed by atoms with Crippen LogP contribution < -0.4 is 5.32 Å². The SMILES string of the molecule is O=C(O)CCC(=O)NCCOCCOCCCC(=O)OCC1c2ccccc2-c2ccccc21. The Labute approximate surface area is 199 Å². The zero-order valence-corrected chi connectivity index (χ0v) is 19.2. The molecule has 0 aliphatic heterocycles. The molecule has 182 valence electrons. The number of carbonyl (C=O) groups is 3. The van der Waals surface area contributed by atoms with Gasteiger partial charge in [-0.3, -0.25) is 14.4 Å². The first-order valence-electron chi connectivity index (χ1n) is 11.5. The molecule has 2 N–H and O–H groups in total. The van der Waals surface area contributed by atoms with Crippen molar-refractivity contribution >= 4 is 17.8 Å². The Bertz CT molecular complexity index is 930. The molecule has 2 aromatic carbocycles. The van der Waals surface area contributed by atoms with Crippen molar-refractivity contribution in [2.24, 2.45) is 0 Å². The summed E-state index contributed by atoms with van der Waals surface area (Å²) < 4.78 is 16.4. The molecule has 1 aliphatic carbocycles. The number of esters is 1. The van der Waals surface area contributed by atoms with Crippen LogP contribution in [0.15, 0.2) is 48.5 Å². The van der Waals surface area contributed by atoms with E-state index >= 15 is 0 Å². The summed E-state index contributed by atoms with van der Waals surface area (Å²) in [4.78, 5) is 33.9. The first-order chi connectivity index (χ1) is 16.6. The van der Waals surface area contributed by atoms with Gasteiger partial charge in [-0.2, -0.15) is 0 Å². The van der Waals surface area contributed by atoms with Crippen LogP contribution in [0.4, 0.5) is 0 Å². The van der Waals surface area contributed by atoms with Crippen molar-refractivity contribution in [3.8, 4) is 11.1 Å². The van der Waals surface area contributed by atoms with Crippen LogP contribution in [-0.2, 0) is 28.6 Å². The number of hydrogen-bond acceptors (Lipinski definition) is 6. The Hall–Kier alpha value is -3.23. The molecule has 8 nitrogen and oxygen atoms in total. The zero-order chi connectivity index (χ0) is 24.2. The van der Waals surface area contributed by atoms with Gasteiger partial charge in [0.25, 0.3) is 0 Å². The maximum atomic E-state index is 12.2. The number of benzene rings is 2. The molecule has 0 bridgehead atoms. The maximum Gasteiger partial charge on any atom is 0.305 e. The van der Waals surface area contributed by atoms with Crippen LogP contribution in [0.25, 0.3) is 11.1 Å². The van der Waals surface area contributed by atoms with Gasteiger partial charge in [0.2, 0.25) is 5.91 Å². The molecule has 1 amide bonds. The summed E-state index contributed by atoms with van der Waals surface area (Å²) in [5.74, 6) is -1.48. The fourth-order valence-electron chi connectivity index (χ4n) is 3.90. The Kier molecular flexibility index (Phi) is 10.1. The topological polar surface area (TPSA) is 111 Å². The molecule has 8 heteroatoms. The Morgan fingerprint density at radius 2 is 1.41 bits per heavy atom. The summed E-state index contributed by atoms with van der Waals surface area (Å²) in [5.41, 5.74) is 4.80. The largest absolute Gasteiger partial charge is 0.481 e. The summed E-state index contributed by atoms with van der Waals surface area (Å²) >= 11 is 0. The van der Waals surface area contributed by atoms with Gasteiger partial charge < -0.3 is 24.6 Å². The van der Waals surface area contributed by atoms with Gasteiger partial charge in [-0.25, -0.2) is 0 Å².